The van der Waals surface area contributed by atoms with Crippen molar-refractivity contribution in [1.29, 1.82) is 0 Å². The van der Waals surface area contributed by atoms with Crippen LogP contribution in [0.25, 0.3) is 0 Å². The summed E-state index contributed by atoms with van der Waals surface area (Å²) in [6.45, 7) is 6.86. The third kappa shape index (κ3) is 4.06. The first-order chi connectivity index (χ1) is 9.47. The topological polar surface area (TPSA) is 49.4 Å². The average molecular weight is 317 g/mol. The molecule has 1 aromatic rings. The molecule has 0 saturated carbocycles. The van der Waals surface area contributed by atoms with E-state index in [-0.39, 0.29) is 16.5 Å². The second-order valence-corrected chi connectivity index (χ2v) is 6.76. The normalized spacial score (nSPS) is 11.8. The lowest BCUT2D eigenvalue weighted by Crippen LogP contribution is -2.32. The Kier molecular flexibility index (Phi) is 6.68. The molecule has 112 valence electrons. The summed E-state index contributed by atoms with van der Waals surface area (Å²) in [5.74, 6) is 0. The summed E-state index contributed by atoms with van der Waals surface area (Å²) in [7, 11) is -1.79. The highest BCUT2D eigenvalue weighted by molar-refractivity contribution is 7.89. The van der Waals surface area contributed by atoms with Gasteiger partial charge in [-0.15, -0.1) is 6.58 Å². The molecule has 0 atom stereocenters. The van der Waals surface area contributed by atoms with E-state index in [4.69, 9.17) is 11.6 Å². The van der Waals surface area contributed by atoms with Gasteiger partial charge in [-0.05, 0) is 31.2 Å². The Morgan fingerprint density at radius 2 is 2.15 bits per heavy atom. The van der Waals surface area contributed by atoms with E-state index in [2.05, 4.69) is 11.9 Å². The van der Waals surface area contributed by atoms with Crippen LogP contribution >= 0.6 is 11.6 Å². The third-order valence-electron chi connectivity index (χ3n) is 2.80. The van der Waals surface area contributed by atoms with Gasteiger partial charge in [-0.25, -0.2) is 8.42 Å². The van der Waals surface area contributed by atoms with Gasteiger partial charge >= 0.3 is 0 Å². The van der Waals surface area contributed by atoms with Crippen molar-refractivity contribution in [2.45, 2.75) is 24.8 Å². The molecular formula is C14H21ClN2O2S. The van der Waals surface area contributed by atoms with Crippen LogP contribution in [0.15, 0.2) is 35.7 Å². The first-order valence-corrected chi connectivity index (χ1v) is 8.33. The van der Waals surface area contributed by atoms with E-state index in [9.17, 15) is 8.42 Å². The zero-order valence-electron chi connectivity index (χ0n) is 11.9. The first kappa shape index (κ1) is 17.2. The zero-order chi connectivity index (χ0) is 15.2. The number of nitrogens with zero attached hydrogens (tertiary/aromatic N) is 1. The Hall–Kier alpha value is -0.880. The van der Waals surface area contributed by atoms with Gasteiger partial charge in [0, 0.05) is 19.6 Å². The van der Waals surface area contributed by atoms with Crippen molar-refractivity contribution in [2.24, 2.45) is 0 Å². The van der Waals surface area contributed by atoms with Crippen LogP contribution in [0, 0.1) is 0 Å². The average Bonchev–Trinajstić information content (AvgIpc) is 2.41. The molecule has 4 nitrogen and oxygen atoms in total. The molecule has 0 spiro atoms. The fraction of sp³-hybridized carbons (Fsp3) is 0.429. The lowest BCUT2D eigenvalue weighted by Gasteiger charge is -2.21. The van der Waals surface area contributed by atoms with Crippen molar-refractivity contribution in [3.8, 4) is 0 Å². The Labute approximate surface area is 126 Å². The quantitative estimate of drug-likeness (QED) is 0.750. The van der Waals surface area contributed by atoms with Crippen LogP contribution in [-0.2, 0) is 16.6 Å². The number of hydrogen-bond acceptors (Lipinski definition) is 3. The Morgan fingerprint density at radius 1 is 1.45 bits per heavy atom. The van der Waals surface area contributed by atoms with E-state index >= 15 is 0 Å². The molecule has 1 N–H and O–H groups in total. The number of halogens is 1. The van der Waals surface area contributed by atoms with E-state index in [1.807, 2.05) is 20.0 Å². The van der Waals surface area contributed by atoms with Crippen molar-refractivity contribution >= 4 is 21.6 Å². The van der Waals surface area contributed by atoms with Gasteiger partial charge in [0.15, 0.2) is 0 Å². The lowest BCUT2D eigenvalue weighted by atomic mass is 10.2. The van der Waals surface area contributed by atoms with Crippen LogP contribution in [0.4, 0.5) is 0 Å². The summed E-state index contributed by atoms with van der Waals surface area (Å²) >= 11 is 6.07. The lowest BCUT2D eigenvalue weighted by molar-refractivity contribution is 0.441. The van der Waals surface area contributed by atoms with Gasteiger partial charge in [0.25, 0.3) is 0 Å². The van der Waals surface area contributed by atoms with Crippen LogP contribution in [0.2, 0.25) is 5.02 Å². The predicted molar refractivity (Wildman–Crippen MR) is 83.5 cm³/mol. The molecule has 0 aromatic heterocycles. The molecule has 0 amide bonds. The number of sulfonamides is 1. The maximum Gasteiger partial charge on any atom is 0.244 e. The minimum atomic E-state index is -3.59. The van der Waals surface area contributed by atoms with Crippen LogP contribution < -0.4 is 5.32 Å². The number of benzene rings is 1. The fourth-order valence-corrected chi connectivity index (χ4v) is 3.93. The van der Waals surface area contributed by atoms with E-state index in [1.165, 1.54) is 4.31 Å². The smallest absolute Gasteiger partial charge is 0.244 e. The molecule has 20 heavy (non-hydrogen) atoms. The Bertz CT molecular complexity index is 558. The standard InChI is InChI=1S/C14H21ClN2O2S/c1-4-8-17(9-5-2)20(18,19)14-10-12(11-16-3)6-7-13(14)15/h4,6-7,10,16H,1,5,8-9,11H2,2-3H3. The summed E-state index contributed by atoms with van der Waals surface area (Å²) in [4.78, 5) is 0.155. The predicted octanol–water partition coefficient (Wildman–Crippen LogP) is 2.65. The van der Waals surface area contributed by atoms with Crippen molar-refractivity contribution < 1.29 is 8.42 Å². The minimum absolute atomic E-state index is 0.155. The third-order valence-corrected chi connectivity index (χ3v) is 5.15. The van der Waals surface area contributed by atoms with Crippen LogP contribution in [0.1, 0.15) is 18.9 Å². The maximum atomic E-state index is 12.7. The van der Waals surface area contributed by atoms with Gasteiger partial charge in [0.2, 0.25) is 10.0 Å². The van der Waals surface area contributed by atoms with Gasteiger partial charge in [0.1, 0.15) is 4.90 Å². The highest BCUT2D eigenvalue weighted by Crippen LogP contribution is 2.26. The van der Waals surface area contributed by atoms with Gasteiger partial charge in [0.05, 0.1) is 5.02 Å². The summed E-state index contributed by atoms with van der Waals surface area (Å²) in [6.07, 6.45) is 2.32. The Morgan fingerprint density at radius 3 is 2.70 bits per heavy atom. The summed E-state index contributed by atoms with van der Waals surface area (Å²) < 4.78 is 26.7. The molecular weight excluding hydrogens is 296 g/mol. The molecule has 0 radical (unpaired) electrons. The molecule has 6 heteroatoms. The SMILES string of the molecule is C=CCN(CCC)S(=O)(=O)c1cc(CNC)ccc1Cl. The Balaban J connectivity index is 3.24. The van der Waals surface area contributed by atoms with Gasteiger partial charge in [-0.3, -0.25) is 0 Å². The van der Waals surface area contributed by atoms with E-state index in [1.54, 1.807) is 18.2 Å². The van der Waals surface area contributed by atoms with Gasteiger partial charge in [-0.2, -0.15) is 4.31 Å². The van der Waals surface area contributed by atoms with Crippen molar-refractivity contribution in [3.05, 3.63) is 41.4 Å². The van der Waals surface area contributed by atoms with Crippen LogP contribution in [0.3, 0.4) is 0 Å². The van der Waals surface area contributed by atoms with Crippen LogP contribution in [-0.4, -0.2) is 32.9 Å². The van der Waals surface area contributed by atoms with Gasteiger partial charge < -0.3 is 5.32 Å². The van der Waals surface area contributed by atoms with Crippen molar-refractivity contribution in [2.75, 3.05) is 20.1 Å². The second kappa shape index (κ2) is 7.78. The molecule has 0 unspecified atom stereocenters. The monoisotopic (exact) mass is 316 g/mol. The van der Waals surface area contributed by atoms with Crippen molar-refractivity contribution in [3.63, 3.8) is 0 Å². The molecule has 1 rings (SSSR count). The highest BCUT2D eigenvalue weighted by atomic mass is 35.5. The first-order valence-electron chi connectivity index (χ1n) is 6.51. The number of rotatable bonds is 8. The minimum Gasteiger partial charge on any atom is -0.316 e. The molecule has 0 bridgehead atoms. The summed E-state index contributed by atoms with van der Waals surface area (Å²) in [5.41, 5.74) is 0.880. The number of hydrogen-bond donors (Lipinski definition) is 1. The van der Waals surface area contributed by atoms with E-state index < -0.39 is 10.0 Å². The fourth-order valence-electron chi connectivity index (χ4n) is 1.90. The van der Waals surface area contributed by atoms with Crippen LogP contribution in [0.5, 0.6) is 0 Å². The molecule has 0 aliphatic heterocycles. The van der Waals surface area contributed by atoms with E-state index in [0.717, 1.165) is 12.0 Å². The molecule has 0 saturated heterocycles. The largest absolute Gasteiger partial charge is 0.316 e. The molecule has 0 fully saturated rings. The molecule has 0 heterocycles. The molecule has 0 aliphatic carbocycles. The molecule has 1 aromatic carbocycles. The second-order valence-electron chi connectivity index (χ2n) is 4.45. The van der Waals surface area contributed by atoms with Gasteiger partial charge in [-0.1, -0.05) is 30.7 Å². The maximum absolute atomic E-state index is 12.7. The number of nitrogens with one attached hydrogen (secondary N) is 1. The zero-order valence-corrected chi connectivity index (χ0v) is 13.5. The summed E-state index contributed by atoms with van der Waals surface area (Å²) in [5, 5.41) is 3.24. The van der Waals surface area contributed by atoms with E-state index in [0.29, 0.717) is 13.1 Å². The highest BCUT2D eigenvalue weighted by Gasteiger charge is 2.25. The molecule has 0 aliphatic rings. The summed E-state index contributed by atoms with van der Waals surface area (Å²) in [6, 6.07) is 5.06. The van der Waals surface area contributed by atoms with Crippen molar-refractivity contribution in [1.82, 2.24) is 9.62 Å².